The van der Waals surface area contributed by atoms with Gasteiger partial charge in [0.05, 0.1) is 18.3 Å². The van der Waals surface area contributed by atoms with Crippen LogP contribution in [0, 0.1) is 11.8 Å². The number of imidazole rings is 1. The summed E-state index contributed by atoms with van der Waals surface area (Å²) in [5, 5.41) is 0. The molecule has 162 valence electrons. The van der Waals surface area contributed by atoms with E-state index in [-0.39, 0.29) is 6.04 Å². The van der Waals surface area contributed by atoms with Crippen LogP contribution in [-0.2, 0) is 13.6 Å². The van der Waals surface area contributed by atoms with Gasteiger partial charge in [0.1, 0.15) is 0 Å². The summed E-state index contributed by atoms with van der Waals surface area (Å²) < 4.78 is 4.49. The van der Waals surface area contributed by atoms with Crippen molar-refractivity contribution in [1.82, 2.24) is 23.7 Å². The first-order valence-corrected chi connectivity index (χ1v) is 10.5. The minimum atomic E-state index is -0.524. The molecule has 1 saturated heterocycles. The van der Waals surface area contributed by atoms with Gasteiger partial charge in [0.25, 0.3) is 5.56 Å². The topological polar surface area (TPSA) is 104 Å². The second-order valence-corrected chi connectivity index (χ2v) is 7.89. The highest BCUT2D eigenvalue weighted by Crippen LogP contribution is 2.23. The van der Waals surface area contributed by atoms with Gasteiger partial charge in [0.15, 0.2) is 11.2 Å². The standard InChI is InChI=1S/C22H27N7O2/c1-4-5-13-28-18-19(25-21(28)27-12-8-9-16(23)14-27)26(3)22(31)29(20(18)30)15(2)17-10-6-7-11-24-17/h6-7,10-11,15-16H,8-9,12-14,23H2,1-3H3/t15?,16-/m1/s1. The first-order valence-electron chi connectivity index (χ1n) is 10.5. The Hall–Kier alpha value is -3.38. The maximum atomic E-state index is 13.6. The Morgan fingerprint density at radius 1 is 1.32 bits per heavy atom. The van der Waals surface area contributed by atoms with Crippen molar-refractivity contribution in [3.63, 3.8) is 0 Å². The number of fused-ring (bicyclic) bond motifs is 1. The van der Waals surface area contributed by atoms with Crippen LogP contribution in [0.15, 0.2) is 34.0 Å². The number of anilines is 1. The number of aryl methyl sites for hydroxylation is 1. The number of rotatable bonds is 4. The van der Waals surface area contributed by atoms with Crippen LogP contribution in [0.1, 0.15) is 38.4 Å². The van der Waals surface area contributed by atoms with Gasteiger partial charge in [-0.05, 0) is 38.8 Å². The molecule has 4 rings (SSSR count). The van der Waals surface area contributed by atoms with Crippen molar-refractivity contribution in [2.24, 2.45) is 12.8 Å². The lowest BCUT2D eigenvalue weighted by atomic mass is 10.1. The molecule has 0 amide bonds. The van der Waals surface area contributed by atoms with Crippen molar-refractivity contribution >= 4 is 17.1 Å². The molecule has 3 aromatic rings. The molecule has 1 unspecified atom stereocenters. The molecule has 0 aromatic carbocycles. The quantitative estimate of drug-likeness (QED) is 0.627. The summed E-state index contributed by atoms with van der Waals surface area (Å²) in [7, 11) is 1.64. The minimum Gasteiger partial charge on any atom is -0.341 e. The molecule has 1 aliphatic rings. The summed E-state index contributed by atoms with van der Waals surface area (Å²) in [5.41, 5.74) is 6.72. The van der Waals surface area contributed by atoms with Crippen LogP contribution in [-0.4, -0.2) is 42.8 Å². The van der Waals surface area contributed by atoms with Gasteiger partial charge in [-0.25, -0.2) is 9.36 Å². The van der Waals surface area contributed by atoms with Gasteiger partial charge in [-0.1, -0.05) is 12.0 Å². The zero-order valence-electron chi connectivity index (χ0n) is 18.1. The second-order valence-electron chi connectivity index (χ2n) is 7.89. The molecule has 1 fully saturated rings. The van der Waals surface area contributed by atoms with Crippen molar-refractivity contribution < 1.29 is 0 Å². The molecule has 31 heavy (non-hydrogen) atoms. The van der Waals surface area contributed by atoms with Crippen LogP contribution >= 0.6 is 0 Å². The Balaban J connectivity index is 1.98. The molecule has 4 heterocycles. The lowest BCUT2D eigenvalue weighted by Crippen LogP contribution is -2.44. The number of nitrogens with zero attached hydrogens (tertiary/aromatic N) is 6. The predicted molar refractivity (Wildman–Crippen MR) is 120 cm³/mol. The summed E-state index contributed by atoms with van der Waals surface area (Å²) in [4.78, 5) is 37.9. The number of piperidine rings is 1. The van der Waals surface area contributed by atoms with Crippen LogP contribution in [0.3, 0.4) is 0 Å². The lowest BCUT2D eigenvalue weighted by Gasteiger charge is -2.31. The van der Waals surface area contributed by atoms with Crippen molar-refractivity contribution in [2.75, 3.05) is 18.0 Å². The van der Waals surface area contributed by atoms with Gasteiger partial charge in [-0.3, -0.25) is 18.9 Å². The molecular weight excluding hydrogens is 394 g/mol. The number of hydrogen-bond donors (Lipinski definition) is 1. The lowest BCUT2D eigenvalue weighted by molar-refractivity contribution is 0.496. The average molecular weight is 422 g/mol. The van der Waals surface area contributed by atoms with E-state index in [9.17, 15) is 9.59 Å². The summed E-state index contributed by atoms with van der Waals surface area (Å²) in [6.45, 7) is 5.30. The molecule has 0 saturated carbocycles. The Morgan fingerprint density at radius 3 is 2.81 bits per heavy atom. The predicted octanol–water partition coefficient (Wildman–Crippen LogP) is 0.852. The summed E-state index contributed by atoms with van der Waals surface area (Å²) >= 11 is 0. The highest BCUT2D eigenvalue weighted by molar-refractivity contribution is 5.75. The summed E-state index contributed by atoms with van der Waals surface area (Å²) in [5.74, 6) is 6.56. The van der Waals surface area contributed by atoms with E-state index >= 15 is 0 Å². The average Bonchev–Trinajstić information content (AvgIpc) is 3.16. The van der Waals surface area contributed by atoms with Gasteiger partial charge in [-0.2, -0.15) is 4.98 Å². The van der Waals surface area contributed by atoms with E-state index in [0.29, 0.717) is 35.9 Å². The highest BCUT2D eigenvalue weighted by atomic mass is 16.2. The molecule has 9 heteroatoms. The van der Waals surface area contributed by atoms with Gasteiger partial charge in [0.2, 0.25) is 5.95 Å². The largest absolute Gasteiger partial charge is 0.341 e. The van der Waals surface area contributed by atoms with E-state index in [1.807, 2.05) is 10.6 Å². The van der Waals surface area contributed by atoms with Crippen molar-refractivity contribution in [3.8, 4) is 11.8 Å². The maximum Gasteiger partial charge on any atom is 0.333 e. The smallest absolute Gasteiger partial charge is 0.333 e. The van der Waals surface area contributed by atoms with Crippen LogP contribution < -0.4 is 21.9 Å². The third kappa shape index (κ3) is 3.64. The van der Waals surface area contributed by atoms with E-state index in [1.165, 1.54) is 9.13 Å². The van der Waals surface area contributed by atoms with Crippen molar-refractivity contribution in [2.45, 2.75) is 45.3 Å². The number of hydrogen-bond acceptors (Lipinski definition) is 6. The van der Waals surface area contributed by atoms with Crippen LogP contribution in [0.4, 0.5) is 5.95 Å². The van der Waals surface area contributed by atoms with Crippen molar-refractivity contribution in [1.29, 1.82) is 0 Å². The van der Waals surface area contributed by atoms with Crippen LogP contribution in [0.5, 0.6) is 0 Å². The summed E-state index contributed by atoms with van der Waals surface area (Å²) in [6.07, 6.45) is 3.56. The Labute approximate surface area is 180 Å². The molecule has 0 aliphatic carbocycles. The fourth-order valence-electron chi connectivity index (χ4n) is 4.16. The van der Waals surface area contributed by atoms with Crippen LogP contribution in [0.2, 0.25) is 0 Å². The molecule has 9 nitrogen and oxygen atoms in total. The van der Waals surface area contributed by atoms with E-state index < -0.39 is 17.3 Å². The van der Waals surface area contributed by atoms with Crippen molar-refractivity contribution in [3.05, 3.63) is 50.9 Å². The molecule has 0 radical (unpaired) electrons. The molecule has 0 bridgehead atoms. The third-order valence-corrected chi connectivity index (χ3v) is 5.82. The Morgan fingerprint density at radius 2 is 2.13 bits per heavy atom. The van der Waals surface area contributed by atoms with Crippen LogP contribution in [0.25, 0.3) is 11.2 Å². The molecule has 2 atom stereocenters. The number of pyridine rings is 1. The number of nitrogens with two attached hydrogens (primary N) is 1. The van der Waals surface area contributed by atoms with Gasteiger partial charge in [-0.15, -0.1) is 5.92 Å². The molecule has 2 N–H and O–H groups in total. The van der Waals surface area contributed by atoms with Gasteiger partial charge in [0, 0.05) is 32.4 Å². The monoisotopic (exact) mass is 421 g/mol. The highest BCUT2D eigenvalue weighted by Gasteiger charge is 2.27. The maximum absolute atomic E-state index is 13.6. The minimum absolute atomic E-state index is 0.0453. The Kier molecular flexibility index (Phi) is 5.65. The fourth-order valence-corrected chi connectivity index (χ4v) is 4.16. The zero-order chi connectivity index (χ0) is 22.1. The van der Waals surface area contributed by atoms with Gasteiger partial charge < -0.3 is 10.6 Å². The first-order chi connectivity index (χ1) is 14.9. The molecular formula is C22H27N7O2. The molecule has 1 aliphatic heterocycles. The van der Waals surface area contributed by atoms with E-state index in [2.05, 4.69) is 21.7 Å². The molecule has 3 aromatic heterocycles. The zero-order valence-corrected chi connectivity index (χ0v) is 18.1. The number of aromatic nitrogens is 5. The van der Waals surface area contributed by atoms with E-state index in [1.54, 1.807) is 39.2 Å². The normalized spacial score (nSPS) is 17.4. The fraction of sp³-hybridized carbons (Fsp3) is 0.455. The third-order valence-electron chi connectivity index (χ3n) is 5.82. The summed E-state index contributed by atoms with van der Waals surface area (Å²) in [6, 6.07) is 4.97. The molecule has 0 spiro atoms. The Bertz CT molecular complexity index is 1280. The second kappa shape index (κ2) is 8.40. The first kappa shape index (κ1) is 20.9. The van der Waals surface area contributed by atoms with E-state index in [4.69, 9.17) is 10.7 Å². The van der Waals surface area contributed by atoms with Gasteiger partial charge >= 0.3 is 5.69 Å². The SMILES string of the molecule is CC#CCn1c(N2CCC[C@@H](N)C2)nc2c1c(=O)n(C(C)c1ccccn1)c(=O)n2C. The van der Waals surface area contributed by atoms with E-state index in [0.717, 1.165) is 19.4 Å².